The molecule has 7 heteroatoms. The quantitative estimate of drug-likeness (QED) is 0.805. The van der Waals surface area contributed by atoms with Crippen LogP contribution in [0.2, 0.25) is 0 Å². The molecule has 1 amide bonds. The summed E-state index contributed by atoms with van der Waals surface area (Å²) in [6.45, 7) is 7.97. The van der Waals surface area contributed by atoms with Crippen LogP contribution < -0.4 is 10.2 Å². The number of hydrogen-bond donors (Lipinski definition) is 1. The Morgan fingerprint density at radius 1 is 1.32 bits per heavy atom. The molecule has 0 unspecified atom stereocenters. The monoisotopic (exact) mass is 314 g/mol. The molecule has 0 saturated carbocycles. The van der Waals surface area contributed by atoms with E-state index in [2.05, 4.69) is 23.2 Å². The first-order valence-corrected chi connectivity index (χ1v) is 6.36. The van der Waals surface area contributed by atoms with Gasteiger partial charge in [-0.15, -0.1) is 13.2 Å². The minimum atomic E-state index is -4.51. The smallest absolute Gasteiger partial charge is 0.416 e. The Bertz CT molecular complexity index is 546. The molecule has 22 heavy (non-hydrogen) atoms. The molecule has 1 N–H and O–H groups in total. The van der Waals surface area contributed by atoms with E-state index in [0.29, 0.717) is 18.8 Å². The SMILES string of the molecule is C=CCN(CC=C)c1ccc(C(F)(F)F)cc1NC(=O)OC. The summed E-state index contributed by atoms with van der Waals surface area (Å²) in [6, 6.07) is 3.11. The van der Waals surface area contributed by atoms with E-state index in [1.165, 1.54) is 6.07 Å². The maximum Gasteiger partial charge on any atom is 0.416 e. The zero-order valence-electron chi connectivity index (χ0n) is 12.1. The number of nitrogens with one attached hydrogen (secondary N) is 1. The van der Waals surface area contributed by atoms with Crippen molar-refractivity contribution < 1.29 is 22.7 Å². The lowest BCUT2D eigenvalue weighted by Crippen LogP contribution is -2.25. The molecule has 1 rings (SSSR count). The lowest BCUT2D eigenvalue weighted by Gasteiger charge is -2.25. The Morgan fingerprint density at radius 2 is 1.91 bits per heavy atom. The van der Waals surface area contributed by atoms with Crippen LogP contribution in [0, 0.1) is 0 Å². The van der Waals surface area contributed by atoms with Gasteiger partial charge in [-0.25, -0.2) is 4.79 Å². The van der Waals surface area contributed by atoms with Crippen LogP contribution in [0.3, 0.4) is 0 Å². The number of ether oxygens (including phenoxy) is 1. The van der Waals surface area contributed by atoms with E-state index >= 15 is 0 Å². The zero-order valence-corrected chi connectivity index (χ0v) is 12.1. The van der Waals surface area contributed by atoms with Gasteiger partial charge in [-0.2, -0.15) is 13.2 Å². The fourth-order valence-electron chi connectivity index (χ4n) is 1.83. The van der Waals surface area contributed by atoms with E-state index < -0.39 is 17.8 Å². The number of amides is 1. The lowest BCUT2D eigenvalue weighted by atomic mass is 10.1. The Labute approximate surface area is 126 Å². The zero-order chi connectivity index (χ0) is 16.8. The number of hydrogen-bond acceptors (Lipinski definition) is 3. The Kier molecular flexibility index (Phi) is 6.03. The molecule has 0 fully saturated rings. The van der Waals surface area contributed by atoms with Crippen LogP contribution in [0.5, 0.6) is 0 Å². The minimum absolute atomic E-state index is 0.00498. The summed E-state index contributed by atoms with van der Waals surface area (Å²) in [7, 11) is 1.13. The molecular formula is C15H17F3N2O2. The molecule has 0 atom stereocenters. The molecule has 0 bridgehead atoms. The number of anilines is 2. The van der Waals surface area contributed by atoms with Crippen LogP contribution >= 0.6 is 0 Å². The van der Waals surface area contributed by atoms with Crippen LogP contribution in [-0.4, -0.2) is 26.3 Å². The number of nitrogens with zero attached hydrogens (tertiary/aromatic N) is 1. The third-order valence-corrected chi connectivity index (χ3v) is 2.79. The van der Waals surface area contributed by atoms with Gasteiger partial charge in [0, 0.05) is 13.1 Å². The number of rotatable bonds is 6. The van der Waals surface area contributed by atoms with Crippen molar-refractivity contribution in [3.63, 3.8) is 0 Å². The first-order valence-electron chi connectivity index (χ1n) is 6.36. The standard InChI is InChI=1S/C15H17F3N2O2/c1-4-8-20(9-5-2)13-7-6-11(15(16,17)18)10-12(13)19-14(21)22-3/h4-7,10H,1-2,8-9H2,3H3,(H,19,21). The van der Waals surface area contributed by atoms with Crippen molar-refractivity contribution in [2.75, 3.05) is 30.4 Å². The Hall–Kier alpha value is -2.44. The van der Waals surface area contributed by atoms with Crippen LogP contribution in [-0.2, 0) is 10.9 Å². The molecule has 0 heterocycles. The first-order chi connectivity index (χ1) is 10.3. The van der Waals surface area contributed by atoms with Gasteiger partial charge in [0.1, 0.15) is 0 Å². The molecule has 0 spiro atoms. The molecule has 0 aliphatic carbocycles. The fourth-order valence-corrected chi connectivity index (χ4v) is 1.83. The average molecular weight is 314 g/mol. The van der Waals surface area contributed by atoms with Gasteiger partial charge in [0.2, 0.25) is 0 Å². The lowest BCUT2D eigenvalue weighted by molar-refractivity contribution is -0.137. The van der Waals surface area contributed by atoms with Gasteiger partial charge < -0.3 is 9.64 Å². The highest BCUT2D eigenvalue weighted by Crippen LogP contribution is 2.35. The predicted molar refractivity (Wildman–Crippen MR) is 80.1 cm³/mol. The summed E-state index contributed by atoms with van der Waals surface area (Å²) < 4.78 is 42.9. The molecule has 4 nitrogen and oxygen atoms in total. The minimum Gasteiger partial charge on any atom is -0.453 e. The van der Waals surface area contributed by atoms with E-state index in [4.69, 9.17) is 0 Å². The molecule has 0 saturated heterocycles. The van der Waals surface area contributed by atoms with Crippen LogP contribution in [0.4, 0.5) is 29.3 Å². The molecule has 1 aromatic carbocycles. The molecule has 0 aromatic heterocycles. The first kappa shape index (κ1) is 17.6. The van der Waals surface area contributed by atoms with Gasteiger partial charge in [0.25, 0.3) is 0 Å². The molecule has 1 aromatic rings. The van der Waals surface area contributed by atoms with Crippen molar-refractivity contribution in [2.45, 2.75) is 6.18 Å². The third kappa shape index (κ3) is 4.54. The van der Waals surface area contributed by atoms with Crippen molar-refractivity contribution in [3.05, 3.63) is 49.1 Å². The van der Waals surface area contributed by atoms with Gasteiger partial charge in [-0.05, 0) is 18.2 Å². The predicted octanol–water partition coefficient (Wildman–Crippen LogP) is 4.06. The highest BCUT2D eigenvalue weighted by atomic mass is 19.4. The summed E-state index contributed by atoms with van der Waals surface area (Å²) in [5.74, 6) is 0. The number of carbonyl (C=O) groups excluding carboxylic acids is 1. The van der Waals surface area contributed by atoms with Gasteiger partial charge in [0.15, 0.2) is 0 Å². The summed E-state index contributed by atoms with van der Waals surface area (Å²) in [5, 5.41) is 2.30. The highest BCUT2D eigenvalue weighted by molar-refractivity contribution is 5.90. The molecule has 0 aliphatic heterocycles. The molecule has 120 valence electrons. The fraction of sp³-hybridized carbons (Fsp3) is 0.267. The van der Waals surface area contributed by atoms with Gasteiger partial charge >= 0.3 is 12.3 Å². The number of halogens is 3. The molecule has 0 radical (unpaired) electrons. The van der Waals surface area contributed by atoms with Crippen LogP contribution in [0.15, 0.2) is 43.5 Å². The maximum atomic E-state index is 12.8. The number of methoxy groups -OCH3 is 1. The van der Waals surface area contributed by atoms with E-state index in [1.54, 1.807) is 17.1 Å². The Morgan fingerprint density at radius 3 is 2.36 bits per heavy atom. The van der Waals surface area contributed by atoms with Crippen molar-refractivity contribution >= 4 is 17.5 Å². The highest BCUT2D eigenvalue weighted by Gasteiger charge is 2.31. The van der Waals surface area contributed by atoms with Crippen molar-refractivity contribution in [3.8, 4) is 0 Å². The van der Waals surface area contributed by atoms with Crippen molar-refractivity contribution in [1.29, 1.82) is 0 Å². The average Bonchev–Trinajstić information content (AvgIpc) is 2.46. The topological polar surface area (TPSA) is 41.6 Å². The second-order valence-electron chi connectivity index (χ2n) is 4.33. The second kappa shape index (κ2) is 7.53. The van der Waals surface area contributed by atoms with Crippen LogP contribution in [0.25, 0.3) is 0 Å². The van der Waals surface area contributed by atoms with Crippen molar-refractivity contribution in [1.82, 2.24) is 0 Å². The van der Waals surface area contributed by atoms with Gasteiger partial charge in [0.05, 0.1) is 24.0 Å². The summed E-state index contributed by atoms with van der Waals surface area (Å²) >= 11 is 0. The third-order valence-electron chi connectivity index (χ3n) is 2.79. The van der Waals surface area contributed by atoms with Gasteiger partial charge in [-0.1, -0.05) is 12.2 Å². The summed E-state index contributed by atoms with van der Waals surface area (Å²) in [6.07, 6.45) is -2.16. The van der Waals surface area contributed by atoms with Gasteiger partial charge in [-0.3, -0.25) is 5.32 Å². The normalized spacial score (nSPS) is 10.7. The van der Waals surface area contributed by atoms with E-state index in [1.807, 2.05) is 0 Å². The number of benzene rings is 1. The molecule has 0 aliphatic rings. The largest absolute Gasteiger partial charge is 0.453 e. The number of alkyl halides is 3. The van der Waals surface area contributed by atoms with Crippen molar-refractivity contribution in [2.24, 2.45) is 0 Å². The summed E-state index contributed by atoms with van der Waals surface area (Å²) in [5.41, 5.74) is -0.441. The van der Waals surface area contributed by atoms with E-state index in [9.17, 15) is 18.0 Å². The van der Waals surface area contributed by atoms with E-state index in [0.717, 1.165) is 19.2 Å². The maximum absolute atomic E-state index is 12.8. The Balaban J connectivity index is 3.31. The van der Waals surface area contributed by atoms with E-state index in [-0.39, 0.29) is 5.69 Å². The second-order valence-corrected chi connectivity index (χ2v) is 4.33. The van der Waals surface area contributed by atoms with Crippen LogP contribution in [0.1, 0.15) is 5.56 Å². The summed E-state index contributed by atoms with van der Waals surface area (Å²) in [4.78, 5) is 13.1. The molecular weight excluding hydrogens is 297 g/mol. The number of carbonyl (C=O) groups is 1.